The van der Waals surface area contributed by atoms with E-state index in [2.05, 4.69) is 35.0 Å². The lowest BCUT2D eigenvalue weighted by molar-refractivity contribution is -0.119. The molecule has 6 heteroatoms. The predicted molar refractivity (Wildman–Crippen MR) is 85.9 cm³/mol. The number of aryl methyl sites for hydroxylation is 1. The number of fused-ring (bicyclic) bond motifs is 1. The third-order valence-electron chi connectivity index (χ3n) is 3.99. The molecule has 0 aliphatic carbocycles. The van der Waals surface area contributed by atoms with E-state index in [1.54, 1.807) is 11.0 Å². The molecule has 22 heavy (non-hydrogen) atoms. The third kappa shape index (κ3) is 2.95. The van der Waals surface area contributed by atoms with Crippen LogP contribution in [0.25, 0.3) is 0 Å². The van der Waals surface area contributed by atoms with Crippen molar-refractivity contribution in [2.45, 2.75) is 19.9 Å². The fraction of sp³-hybridized carbons (Fsp3) is 0.438. The summed E-state index contributed by atoms with van der Waals surface area (Å²) >= 11 is 0. The van der Waals surface area contributed by atoms with Crippen LogP contribution in [0.4, 0.5) is 11.4 Å². The Balaban J connectivity index is 1.81. The number of amides is 1. The van der Waals surface area contributed by atoms with E-state index in [4.69, 9.17) is 0 Å². The van der Waals surface area contributed by atoms with E-state index in [0.29, 0.717) is 18.9 Å². The molecule has 3 rings (SSSR count). The van der Waals surface area contributed by atoms with E-state index in [1.165, 1.54) is 6.33 Å². The van der Waals surface area contributed by atoms with Gasteiger partial charge in [0.2, 0.25) is 5.91 Å². The first kappa shape index (κ1) is 14.6. The summed E-state index contributed by atoms with van der Waals surface area (Å²) in [7, 11) is 2.08. The lowest BCUT2D eigenvalue weighted by Crippen LogP contribution is -2.35. The standard InChI is InChI=1S/C16H21N5O/c1-13-9-19(2)14-5-3-4-6-15(14)21(10-13)16(22)7-8-20-12-17-11-18-20/h3-6,11-13H,7-10H2,1-2H3. The van der Waals surface area contributed by atoms with Crippen molar-refractivity contribution in [3.8, 4) is 0 Å². The van der Waals surface area contributed by atoms with Crippen LogP contribution in [0.2, 0.25) is 0 Å². The number of rotatable bonds is 3. The maximum absolute atomic E-state index is 12.7. The Kier molecular flexibility index (Phi) is 4.09. The average molecular weight is 299 g/mol. The van der Waals surface area contributed by atoms with Gasteiger partial charge in [0.25, 0.3) is 0 Å². The monoisotopic (exact) mass is 299 g/mol. The minimum atomic E-state index is 0.130. The molecular weight excluding hydrogens is 278 g/mol. The zero-order valence-corrected chi connectivity index (χ0v) is 13.0. The van der Waals surface area contributed by atoms with Gasteiger partial charge in [0.1, 0.15) is 12.7 Å². The van der Waals surface area contributed by atoms with Crippen molar-refractivity contribution in [3.05, 3.63) is 36.9 Å². The summed E-state index contributed by atoms with van der Waals surface area (Å²) in [6.07, 6.45) is 3.55. The van der Waals surface area contributed by atoms with Crippen LogP contribution >= 0.6 is 0 Å². The molecule has 1 amide bonds. The summed E-state index contributed by atoms with van der Waals surface area (Å²) in [6, 6.07) is 8.10. The van der Waals surface area contributed by atoms with E-state index < -0.39 is 0 Å². The highest BCUT2D eigenvalue weighted by Crippen LogP contribution is 2.32. The van der Waals surface area contributed by atoms with Crippen molar-refractivity contribution >= 4 is 17.3 Å². The van der Waals surface area contributed by atoms with Gasteiger partial charge >= 0.3 is 0 Å². The maximum Gasteiger partial charge on any atom is 0.228 e. The largest absolute Gasteiger partial charge is 0.373 e. The van der Waals surface area contributed by atoms with Gasteiger partial charge in [0.05, 0.1) is 17.9 Å². The molecule has 0 N–H and O–H groups in total. The lowest BCUT2D eigenvalue weighted by atomic mass is 10.1. The van der Waals surface area contributed by atoms with Crippen LogP contribution in [0.15, 0.2) is 36.9 Å². The summed E-state index contributed by atoms with van der Waals surface area (Å²) in [6.45, 7) is 4.43. The molecule has 6 nitrogen and oxygen atoms in total. The number of carbonyl (C=O) groups is 1. The SMILES string of the molecule is CC1CN(C)c2ccccc2N(C(=O)CCn2cncn2)C1. The molecule has 0 bridgehead atoms. The van der Waals surface area contributed by atoms with Crippen molar-refractivity contribution in [1.29, 1.82) is 0 Å². The van der Waals surface area contributed by atoms with Crippen molar-refractivity contribution in [2.24, 2.45) is 5.92 Å². The fourth-order valence-electron chi connectivity index (χ4n) is 2.98. The molecule has 0 radical (unpaired) electrons. The van der Waals surface area contributed by atoms with Gasteiger partial charge in [-0.2, -0.15) is 5.10 Å². The van der Waals surface area contributed by atoms with E-state index in [9.17, 15) is 4.79 Å². The Morgan fingerprint density at radius 1 is 1.27 bits per heavy atom. The van der Waals surface area contributed by atoms with Gasteiger partial charge in [-0.05, 0) is 18.1 Å². The smallest absolute Gasteiger partial charge is 0.228 e. The summed E-state index contributed by atoms with van der Waals surface area (Å²) in [5.74, 6) is 0.554. The molecule has 1 atom stereocenters. The van der Waals surface area contributed by atoms with Gasteiger partial charge in [0.15, 0.2) is 0 Å². The van der Waals surface area contributed by atoms with Gasteiger partial charge in [-0.3, -0.25) is 9.48 Å². The van der Waals surface area contributed by atoms with Gasteiger partial charge in [-0.25, -0.2) is 4.98 Å². The highest BCUT2D eigenvalue weighted by molar-refractivity contribution is 5.97. The van der Waals surface area contributed by atoms with E-state index in [-0.39, 0.29) is 5.91 Å². The molecule has 1 aromatic heterocycles. The molecule has 1 aliphatic heterocycles. The Morgan fingerprint density at radius 3 is 2.77 bits per heavy atom. The van der Waals surface area contributed by atoms with E-state index in [1.807, 2.05) is 23.1 Å². The van der Waals surface area contributed by atoms with Gasteiger partial charge in [-0.15, -0.1) is 0 Å². The Labute approximate surface area is 130 Å². The Hall–Kier alpha value is -2.37. The zero-order valence-electron chi connectivity index (χ0n) is 13.0. The molecule has 2 aromatic rings. The number of hydrogen-bond donors (Lipinski definition) is 0. The third-order valence-corrected chi connectivity index (χ3v) is 3.99. The number of aromatic nitrogens is 3. The predicted octanol–water partition coefficient (Wildman–Crippen LogP) is 1.79. The van der Waals surface area contributed by atoms with Crippen molar-refractivity contribution in [1.82, 2.24) is 14.8 Å². The summed E-state index contributed by atoms with van der Waals surface area (Å²) < 4.78 is 1.69. The number of hydrogen-bond acceptors (Lipinski definition) is 4. The molecule has 0 fully saturated rings. The van der Waals surface area contributed by atoms with Crippen LogP contribution in [0.1, 0.15) is 13.3 Å². The quantitative estimate of drug-likeness (QED) is 0.867. The van der Waals surface area contributed by atoms with Gasteiger partial charge in [-0.1, -0.05) is 19.1 Å². The van der Waals surface area contributed by atoms with E-state index in [0.717, 1.165) is 24.5 Å². The molecule has 0 spiro atoms. The Morgan fingerprint density at radius 2 is 2.05 bits per heavy atom. The second-order valence-electron chi connectivity index (χ2n) is 5.89. The van der Waals surface area contributed by atoms with Crippen molar-refractivity contribution in [2.75, 3.05) is 29.9 Å². The number of nitrogens with zero attached hydrogens (tertiary/aromatic N) is 5. The molecule has 2 heterocycles. The summed E-state index contributed by atoms with van der Waals surface area (Å²) in [4.78, 5) is 20.8. The molecule has 1 aromatic carbocycles. The first-order valence-corrected chi connectivity index (χ1v) is 7.58. The number of carbonyl (C=O) groups excluding carboxylic acids is 1. The van der Waals surface area contributed by atoms with Crippen LogP contribution in [-0.4, -0.2) is 40.8 Å². The van der Waals surface area contributed by atoms with Crippen molar-refractivity contribution in [3.63, 3.8) is 0 Å². The lowest BCUT2D eigenvalue weighted by Gasteiger charge is -2.24. The topological polar surface area (TPSA) is 54.3 Å². The molecule has 1 unspecified atom stereocenters. The summed E-state index contributed by atoms with van der Waals surface area (Å²) in [5.41, 5.74) is 2.11. The molecule has 1 aliphatic rings. The summed E-state index contributed by atoms with van der Waals surface area (Å²) in [5, 5.41) is 4.05. The van der Waals surface area contributed by atoms with Crippen LogP contribution in [-0.2, 0) is 11.3 Å². The van der Waals surface area contributed by atoms with E-state index >= 15 is 0 Å². The normalized spacial score (nSPS) is 18.0. The fourth-order valence-corrected chi connectivity index (χ4v) is 2.98. The second kappa shape index (κ2) is 6.17. The maximum atomic E-state index is 12.7. The van der Waals surface area contributed by atoms with Gasteiger partial charge in [0, 0.05) is 26.6 Å². The first-order valence-electron chi connectivity index (χ1n) is 7.58. The highest BCUT2D eigenvalue weighted by Gasteiger charge is 2.26. The molecule has 116 valence electrons. The number of benzene rings is 1. The van der Waals surface area contributed by atoms with Crippen LogP contribution in [0, 0.1) is 5.92 Å². The minimum absolute atomic E-state index is 0.130. The minimum Gasteiger partial charge on any atom is -0.373 e. The van der Waals surface area contributed by atoms with Crippen LogP contribution in [0.5, 0.6) is 0 Å². The molecular formula is C16H21N5O. The average Bonchev–Trinajstić information content (AvgIpc) is 2.99. The van der Waals surface area contributed by atoms with Crippen LogP contribution in [0.3, 0.4) is 0 Å². The Bertz CT molecular complexity index is 640. The van der Waals surface area contributed by atoms with Crippen molar-refractivity contribution < 1.29 is 4.79 Å². The number of anilines is 2. The zero-order chi connectivity index (χ0) is 15.5. The molecule has 0 saturated carbocycles. The van der Waals surface area contributed by atoms with Gasteiger partial charge < -0.3 is 9.80 Å². The second-order valence-corrected chi connectivity index (χ2v) is 5.89. The first-order chi connectivity index (χ1) is 10.6. The highest BCUT2D eigenvalue weighted by atomic mass is 16.2. The molecule has 0 saturated heterocycles. The number of para-hydroxylation sites is 2. The van der Waals surface area contributed by atoms with Crippen LogP contribution < -0.4 is 9.80 Å².